The first kappa shape index (κ1) is 14.0. The van der Waals surface area contributed by atoms with Gasteiger partial charge in [0.25, 0.3) is 0 Å². The van der Waals surface area contributed by atoms with Crippen LogP contribution in [0.2, 0.25) is 0 Å². The maximum atomic E-state index is 4.58. The van der Waals surface area contributed by atoms with Crippen molar-refractivity contribution >= 4 is 11.3 Å². The van der Waals surface area contributed by atoms with Crippen molar-refractivity contribution in [1.29, 1.82) is 0 Å². The first-order valence-electron chi connectivity index (χ1n) is 7.37. The summed E-state index contributed by atoms with van der Waals surface area (Å²) >= 11 is 1.75. The second-order valence-electron chi connectivity index (χ2n) is 5.69. The van der Waals surface area contributed by atoms with Gasteiger partial charge in [0.1, 0.15) is 0 Å². The largest absolute Gasteiger partial charge is 0.306 e. The van der Waals surface area contributed by atoms with E-state index in [9.17, 15) is 0 Å². The van der Waals surface area contributed by atoms with Crippen LogP contribution in [-0.4, -0.2) is 11.0 Å². The summed E-state index contributed by atoms with van der Waals surface area (Å²) in [6.07, 6.45) is 8.28. The zero-order chi connectivity index (χ0) is 13.0. The fourth-order valence-corrected chi connectivity index (χ4v) is 3.75. The van der Waals surface area contributed by atoms with E-state index in [2.05, 4.69) is 36.5 Å². The molecule has 0 amide bonds. The van der Waals surface area contributed by atoms with Crippen LogP contribution in [0.1, 0.15) is 69.1 Å². The summed E-state index contributed by atoms with van der Waals surface area (Å²) in [4.78, 5) is 4.58. The highest BCUT2D eigenvalue weighted by Gasteiger charge is 2.22. The molecule has 0 aliphatic heterocycles. The smallest absolute Gasteiger partial charge is 0.0898 e. The van der Waals surface area contributed by atoms with Crippen molar-refractivity contribution in [3.05, 3.63) is 16.1 Å². The molecule has 1 saturated carbocycles. The minimum Gasteiger partial charge on any atom is -0.306 e. The van der Waals surface area contributed by atoms with Crippen LogP contribution >= 0.6 is 11.3 Å². The van der Waals surface area contributed by atoms with E-state index in [0.29, 0.717) is 12.1 Å². The molecule has 102 valence electrons. The molecule has 1 aromatic heterocycles. The molecule has 0 aromatic carbocycles. The molecule has 3 heteroatoms. The van der Waals surface area contributed by atoms with Crippen molar-refractivity contribution < 1.29 is 0 Å². The van der Waals surface area contributed by atoms with E-state index in [1.54, 1.807) is 11.3 Å². The fourth-order valence-electron chi connectivity index (χ4n) is 3.04. The van der Waals surface area contributed by atoms with E-state index >= 15 is 0 Å². The number of hydrogen-bond acceptors (Lipinski definition) is 3. The number of aryl methyl sites for hydroxylation is 1. The van der Waals surface area contributed by atoms with Gasteiger partial charge in [-0.25, -0.2) is 4.98 Å². The Morgan fingerprint density at radius 1 is 1.39 bits per heavy atom. The molecule has 0 radical (unpaired) electrons. The number of hydrogen-bond donors (Lipinski definition) is 1. The van der Waals surface area contributed by atoms with Gasteiger partial charge in [-0.3, -0.25) is 0 Å². The Morgan fingerprint density at radius 2 is 2.11 bits per heavy atom. The highest BCUT2D eigenvalue weighted by molar-refractivity contribution is 7.09. The minimum absolute atomic E-state index is 0.405. The van der Waals surface area contributed by atoms with Crippen LogP contribution in [0.4, 0.5) is 0 Å². The Kier molecular flexibility index (Phi) is 5.19. The maximum absolute atomic E-state index is 4.58. The number of aromatic nitrogens is 1. The fraction of sp³-hybridized carbons (Fsp3) is 0.800. The lowest BCUT2D eigenvalue weighted by molar-refractivity contribution is 0.266. The zero-order valence-electron chi connectivity index (χ0n) is 11.9. The van der Waals surface area contributed by atoms with E-state index in [1.807, 2.05) is 0 Å². The third-order valence-corrected chi connectivity index (χ3v) is 4.90. The molecular formula is C15H26N2S. The summed E-state index contributed by atoms with van der Waals surface area (Å²) in [7, 11) is 0. The van der Waals surface area contributed by atoms with Crippen LogP contribution in [-0.2, 0) is 0 Å². The van der Waals surface area contributed by atoms with Gasteiger partial charge in [0.2, 0.25) is 0 Å². The molecule has 1 unspecified atom stereocenters. The van der Waals surface area contributed by atoms with Gasteiger partial charge in [-0.05, 0) is 45.4 Å². The Hall–Kier alpha value is -0.410. The second-order valence-corrected chi connectivity index (χ2v) is 6.75. The highest BCUT2D eigenvalue weighted by atomic mass is 32.1. The summed E-state index contributed by atoms with van der Waals surface area (Å²) < 4.78 is 0. The molecule has 1 aromatic rings. The van der Waals surface area contributed by atoms with Crippen LogP contribution in [0.3, 0.4) is 0 Å². The van der Waals surface area contributed by atoms with Crippen LogP contribution in [0.25, 0.3) is 0 Å². The molecule has 1 fully saturated rings. The third kappa shape index (κ3) is 3.79. The van der Waals surface area contributed by atoms with E-state index in [-0.39, 0.29) is 0 Å². The van der Waals surface area contributed by atoms with Gasteiger partial charge in [0.05, 0.1) is 10.7 Å². The van der Waals surface area contributed by atoms with Crippen molar-refractivity contribution in [2.75, 3.05) is 0 Å². The van der Waals surface area contributed by atoms with Crippen molar-refractivity contribution in [1.82, 2.24) is 10.3 Å². The quantitative estimate of drug-likeness (QED) is 0.851. The zero-order valence-corrected chi connectivity index (χ0v) is 12.7. The van der Waals surface area contributed by atoms with Gasteiger partial charge >= 0.3 is 0 Å². The van der Waals surface area contributed by atoms with Crippen molar-refractivity contribution in [3.63, 3.8) is 0 Å². The first-order chi connectivity index (χ1) is 8.69. The Labute approximate surface area is 115 Å². The Bertz CT molecular complexity index is 353. The van der Waals surface area contributed by atoms with Crippen LogP contribution in [0, 0.1) is 12.8 Å². The molecule has 0 bridgehead atoms. The van der Waals surface area contributed by atoms with Crippen molar-refractivity contribution in [3.8, 4) is 0 Å². The molecule has 2 rings (SSSR count). The van der Waals surface area contributed by atoms with Crippen LogP contribution in [0.5, 0.6) is 0 Å². The summed E-state index contributed by atoms with van der Waals surface area (Å²) in [6, 6.07) is 1.11. The SMILES string of the molecule is CCCC1CCC(NC(C)c2csc(C)n2)CC1. The molecule has 0 spiro atoms. The predicted octanol–water partition coefficient (Wildman–Crippen LogP) is 4.46. The van der Waals surface area contributed by atoms with E-state index < -0.39 is 0 Å². The van der Waals surface area contributed by atoms with Crippen molar-refractivity contribution in [2.24, 2.45) is 5.92 Å². The standard InChI is InChI=1S/C15H26N2S/c1-4-5-13-6-8-14(9-7-13)16-11(2)15-10-18-12(3)17-15/h10-11,13-14,16H,4-9H2,1-3H3. The average Bonchev–Trinajstić information content (AvgIpc) is 2.79. The normalized spacial score (nSPS) is 26.2. The number of thiazole rings is 1. The molecule has 2 nitrogen and oxygen atoms in total. The van der Waals surface area contributed by atoms with E-state index in [0.717, 1.165) is 5.92 Å². The molecule has 1 heterocycles. The van der Waals surface area contributed by atoms with Crippen LogP contribution < -0.4 is 5.32 Å². The summed E-state index contributed by atoms with van der Waals surface area (Å²) in [5, 5.41) is 7.12. The van der Waals surface area contributed by atoms with Gasteiger partial charge in [-0.15, -0.1) is 11.3 Å². The highest BCUT2D eigenvalue weighted by Crippen LogP contribution is 2.29. The predicted molar refractivity (Wildman–Crippen MR) is 79.1 cm³/mol. The summed E-state index contributed by atoms with van der Waals surface area (Å²) in [5.41, 5.74) is 1.22. The first-order valence-corrected chi connectivity index (χ1v) is 8.25. The summed E-state index contributed by atoms with van der Waals surface area (Å²) in [5.74, 6) is 0.991. The van der Waals surface area contributed by atoms with E-state index in [1.165, 1.54) is 49.2 Å². The Balaban J connectivity index is 1.77. The third-order valence-electron chi connectivity index (χ3n) is 4.11. The van der Waals surface area contributed by atoms with Gasteiger partial charge in [0, 0.05) is 17.5 Å². The molecule has 0 saturated heterocycles. The lowest BCUT2D eigenvalue weighted by atomic mass is 9.83. The second kappa shape index (κ2) is 6.67. The van der Waals surface area contributed by atoms with E-state index in [4.69, 9.17) is 0 Å². The molecular weight excluding hydrogens is 240 g/mol. The number of nitrogens with one attached hydrogen (secondary N) is 1. The molecule has 18 heavy (non-hydrogen) atoms. The average molecular weight is 266 g/mol. The number of nitrogens with zero attached hydrogens (tertiary/aromatic N) is 1. The van der Waals surface area contributed by atoms with Gasteiger partial charge in [0.15, 0.2) is 0 Å². The minimum atomic E-state index is 0.405. The molecule has 1 aliphatic carbocycles. The Morgan fingerprint density at radius 3 is 2.67 bits per heavy atom. The van der Waals surface area contributed by atoms with Gasteiger partial charge in [-0.2, -0.15) is 0 Å². The molecule has 1 aliphatic rings. The number of rotatable bonds is 5. The monoisotopic (exact) mass is 266 g/mol. The topological polar surface area (TPSA) is 24.9 Å². The van der Waals surface area contributed by atoms with Crippen LogP contribution in [0.15, 0.2) is 5.38 Å². The summed E-state index contributed by atoms with van der Waals surface area (Å²) in [6.45, 7) is 6.63. The maximum Gasteiger partial charge on any atom is 0.0898 e. The molecule has 1 N–H and O–H groups in total. The lowest BCUT2D eigenvalue weighted by Crippen LogP contribution is -2.35. The molecule has 1 atom stereocenters. The van der Waals surface area contributed by atoms with Gasteiger partial charge in [-0.1, -0.05) is 19.8 Å². The lowest BCUT2D eigenvalue weighted by Gasteiger charge is -2.30. The van der Waals surface area contributed by atoms with Crippen molar-refractivity contribution in [2.45, 2.75) is 71.4 Å². The van der Waals surface area contributed by atoms with Gasteiger partial charge < -0.3 is 5.32 Å².